The number of halogens is 3. The molecule has 0 atom stereocenters. The summed E-state index contributed by atoms with van der Waals surface area (Å²) in [6.45, 7) is 0.0571. The highest BCUT2D eigenvalue weighted by molar-refractivity contribution is 9.10. The number of ether oxygens (including phenoxy) is 1. The van der Waals surface area contributed by atoms with Crippen LogP contribution in [0, 0.1) is 21.4 Å². The number of non-ortho nitro benzene ring substituents is 1. The summed E-state index contributed by atoms with van der Waals surface area (Å²) in [7, 11) is 0. The van der Waals surface area contributed by atoms with Gasteiger partial charge in [-0.3, -0.25) is 14.9 Å². The predicted octanol–water partition coefficient (Wildman–Crippen LogP) is 6.79. The van der Waals surface area contributed by atoms with Gasteiger partial charge in [0.1, 0.15) is 24.0 Å². The van der Waals surface area contributed by atoms with Crippen molar-refractivity contribution in [1.29, 1.82) is 5.26 Å². The van der Waals surface area contributed by atoms with Crippen LogP contribution in [0.25, 0.3) is 6.08 Å². The Morgan fingerprint density at radius 1 is 1.15 bits per heavy atom. The highest BCUT2D eigenvalue weighted by atomic mass is 79.9. The predicted molar refractivity (Wildman–Crippen MR) is 130 cm³/mol. The van der Waals surface area contributed by atoms with Gasteiger partial charge < -0.3 is 10.1 Å². The minimum atomic E-state index is -0.638. The minimum absolute atomic E-state index is 0.0437. The lowest BCUT2D eigenvalue weighted by Crippen LogP contribution is -2.13. The summed E-state index contributed by atoms with van der Waals surface area (Å²) in [6, 6.07) is 17.6. The number of amides is 1. The maximum Gasteiger partial charge on any atom is 0.269 e. The Labute approximate surface area is 207 Å². The van der Waals surface area contributed by atoms with Crippen molar-refractivity contribution >= 4 is 62.5 Å². The summed E-state index contributed by atoms with van der Waals surface area (Å²) in [6.07, 6.45) is 1.39. The maximum atomic E-state index is 12.6. The molecule has 0 saturated carbocycles. The Hall–Kier alpha value is -3.38. The van der Waals surface area contributed by atoms with Crippen molar-refractivity contribution < 1.29 is 14.5 Å². The standard InChI is InChI=1S/C23H14BrCl2N3O4/c24-17-4-7-22(33-13-14-2-1-3-19(8-14)29(31)32)15(10-17)9-16(12-27)23(30)28-18-5-6-20(25)21(26)11-18/h1-11H,13H2,(H,28,30)/b16-9+. The number of rotatable bonds is 7. The number of nitrogens with one attached hydrogen (secondary N) is 1. The number of hydrogen-bond acceptors (Lipinski definition) is 5. The third kappa shape index (κ3) is 6.56. The molecule has 0 radical (unpaired) electrons. The summed E-state index contributed by atoms with van der Waals surface area (Å²) in [5.74, 6) is -0.250. The van der Waals surface area contributed by atoms with Crippen LogP contribution in [0.15, 0.2) is 70.7 Å². The number of carbonyl (C=O) groups is 1. The van der Waals surface area contributed by atoms with Gasteiger partial charge in [0.2, 0.25) is 0 Å². The summed E-state index contributed by atoms with van der Waals surface area (Å²) < 4.78 is 6.53. The number of benzene rings is 3. The van der Waals surface area contributed by atoms with Gasteiger partial charge in [0.15, 0.2) is 0 Å². The number of nitrogens with zero attached hydrogens (tertiary/aromatic N) is 2. The molecule has 0 aliphatic heterocycles. The Morgan fingerprint density at radius 3 is 2.64 bits per heavy atom. The molecule has 0 unspecified atom stereocenters. The Morgan fingerprint density at radius 2 is 1.94 bits per heavy atom. The highest BCUT2D eigenvalue weighted by Crippen LogP contribution is 2.28. The van der Waals surface area contributed by atoms with E-state index in [0.717, 1.165) is 0 Å². The molecular formula is C23H14BrCl2N3O4. The van der Waals surface area contributed by atoms with Crippen LogP contribution in [0.3, 0.4) is 0 Å². The number of carbonyl (C=O) groups excluding carboxylic acids is 1. The summed E-state index contributed by atoms with van der Waals surface area (Å²) >= 11 is 15.2. The monoisotopic (exact) mass is 545 g/mol. The minimum Gasteiger partial charge on any atom is -0.488 e. The van der Waals surface area contributed by atoms with E-state index in [0.29, 0.717) is 32.1 Å². The fourth-order valence-corrected chi connectivity index (χ4v) is 3.44. The lowest BCUT2D eigenvalue weighted by Gasteiger charge is -2.11. The third-order valence-corrected chi connectivity index (χ3v) is 5.56. The number of anilines is 1. The second kappa shape index (κ2) is 11.0. The number of hydrogen-bond donors (Lipinski definition) is 1. The number of nitro groups is 1. The van der Waals surface area contributed by atoms with Crippen LogP contribution in [0.2, 0.25) is 10.0 Å². The Kier molecular flexibility index (Phi) is 8.06. The fourth-order valence-electron chi connectivity index (χ4n) is 2.76. The van der Waals surface area contributed by atoms with Crippen LogP contribution in [0.4, 0.5) is 11.4 Å². The number of nitriles is 1. The first kappa shape index (κ1) is 24.3. The van der Waals surface area contributed by atoms with Gasteiger partial charge in [-0.25, -0.2) is 0 Å². The molecule has 33 heavy (non-hydrogen) atoms. The van der Waals surface area contributed by atoms with E-state index < -0.39 is 10.8 Å². The molecule has 1 amide bonds. The average Bonchev–Trinajstić information content (AvgIpc) is 2.79. The van der Waals surface area contributed by atoms with Crippen molar-refractivity contribution in [2.45, 2.75) is 6.61 Å². The smallest absolute Gasteiger partial charge is 0.269 e. The molecule has 0 aromatic heterocycles. The Bertz CT molecular complexity index is 1310. The SMILES string of the molecule is N#C/C(=C\c1cc(Br)ccc1OCc1cccc([N+](=O)[O-])c1)C(=O)Nc1ccc(Cl)c(Cl)c1. The van der Waals surface area contributed by atoms with Crippen molar-refractivity contribution in [3.05, 3.63) is 102 Å². The molecule has 166 valence electrons. The topological polar surface area (TPSA) is 105 Å². The largest absolute Gasteiger partial charge is 0.488 e. The maximum absolute atomic E-state index is 12.6. The zero-order valence-electron chi connectivity index (χ0n) is 16.7. The van der Waals surface area contributed by atoms with E-state index >= 15 is 0 Å². The van der Waals surface area contributed by atoms with Crippen LogP contribution in [-0.4, -0.2) is 10.8 Å². The van der Waals surface area contributed by atoms with Gasteiger partial charge in [-0.2, -0.15) is 5.26 Å². The average molecular weight is 547 g/mol. The zero-order valence-corrected chi connectivity index (χ0v) is 19.8. The lowest BCUT2D eigenvalue weighted by molar-refractivity contribution is -0.384. The van der Waals surface area contributed by atoms with Crippen molar-refractivity contribution in [3.63, 3.8) is 0 Å². The van der Waals surface area contributed by atoms with Crippen molar-refractivity contribution in [1.82, 2.24) is 0 Å². The first-order chi connectivity index (χ1) is 15.8. The lowest BCUT2D eigenvalue weighted by atomic mass is 10.1. The van der Waals surface area contributed by atoms with Crippen LogP contribution in [-0.2, 0) is 11.4 Å². The van der Waals surface area contributed by atoms with Crippen LogP contribution >= 0.6 is 39.1 Å². The number of nitro benzene ring substituents is 1. The zero-order chi connectivity index (χ0) is 24.0. The molecule has 10 heteroatoms. The second-order valence-electron chi connectivity index (χ2n) is 6.65. The van der Waals surface area contributed by atoms with Gasteiger partial charge in [-0.1, -0.05) is 51.3 Å². The van der Waals surface area contributed by atoms with E-state index in [2.05, 4.69) is 21.2 Å². The first-order valence-electron chi connectivity index (χ1n) is 9.30. The van der Waals surface area contributed by atoms with E-state index in [1.807, 2.05) is 6.07 Å². The van der Waals surface area contributed by atoms with Gasteiger partial charge in [0.05, 0.1) is 15.0 Å². The van der Waals surface area contributed by atoms with Gasteiger partial charge >= 0.3 is 0 Å². The molecule has 0 aliphatic carbocycles. The van der Waals surface area contributed by atoms with E-state index in [1.54, 1.807) is 36.4 Å². The fraction of sp³-hybridized carbons (Fsp3) is 0.0435. The van der Waals surface area contributed by atoms with E-state index in [9.17, 15) is 20.2 Å². The van der Waals surface area contributed by atoms with Crippen LogP contribution in [0.1, 0.15) is 11.1 Å². The van der Waals surface area contributed by atoms with Crippen LogP contribution < -0.4 is 10.1 Å². The highest BCUT2D eigenvalue weighted by Gasteiger charge is 2.13. The van der Waals surface area contributed by atoms with E-state index in [1.165, 1.54) is 30.3 Å². The second-order valence-corrected chi connectivity index (χ2v) is 8.38. The first-order valence-corrected chi connectivity index (χ1v) is 10.9. The van der Waals surface area contributed by atoms with Gasteiger partial charge in [0.25, 0.3) is 11.6 Å². The van der Waals surface area contributed by atoms with Crippen molar-refractivity contribution in [2.24, 2.45) is 0 Å². The molecule has 3 aromatic rings. The van der Waals surface area contributed by atoms with E-state index in [4.69, 9.17) is 27.9 Å². The van der Waals surface area contributed by atoms with Crippen molar-refractivity contribution in [3.8, 4) is 11.8 Å². The molecule has 0 spiro atoms. The van der Waals surface area contributed by atoms with Gasteiger partial charge in [0, 0.05) is 27.9 Å². The molecular weight excluding hydrogens is 533 g/mol. The van der Waals surface area contributed by atoms with Gasteiger partial charge in [-0.05, 0) is 48.0 Å². The molecule has 0 aliphatic rings. The van der Waals surface area contributed by atoms with E-state index in [-0.39, 0.29) is 22.9 Å². The van der Waals surface area contributed by atoms with Crippen LogP contribution in [0.5, 0.6) is 5.75 Å². The molecule has 1 N–H and O–H groups in total. The molecule has 0 fully saturated rings. The molecule has 0 heterocycles. The molecule has 7 nitrogen and oxygen atoms in total. The molecule has 3 aromatic carbocycles. The third-order valence-electron chi connectivity index (χ3n) is 4.33. The van der Waals surface area contributed by atoms with Gasteiger partial charge in [-0.15, -0.1) is 0 Å². The molecule has 0 saturated heterocycles. The Balaban J connectivity index is 1.83. The molecule has 0 bridgehead atoms. The summed E-state index contributed by atoms with van der Waals surface area (Å²) in [5, 5.41) is 23.7. The van der Waals surface area contributed by atoms with Crippen molar-refractivity contribution in [2.75, 3.05) is 5.32 Å². The molecule has 3 rings (SSSR count). The summed E-state index contributed by atoms with van der Waals surface area (Å²) in [4.78, 5) is 23.1. The normalized spacial score (nSPS) is 10.9. The summed E-state index contributed by atoms with van der Waals surface area (Å²) in [5.41, 5.74) is 1.24. The quantitative estimate of drug-likeness (QED) is 0.152.